The van der Waals surface area contributed by atoms with Crippen molar-refractivity contribution >= 4 is 17.5 Å². The van der Waals surface area contributed by atoms with Crippen molar-refractivity contribution in [1.82, 2.24) is 5.16 Å². The van der Waals surface area contributed by atoms with Crippen LogP contribution in [0.25, 0.3) is 22.4 Å². The number of anilines is 1. The minimum Gasteiger partial charge on any atom is -0.367 e. The van der Waals surface area contributed by atoms with Crippen molar-refractivity contribution in [3.8, 4) is 22.4 Å². The van der Waals surface area contributed by atoms with Crippen LogP contribution in [0, 0.1) is 5.82 Å². The number of nitrogens with two attached hydrogens (primary N) is 1. The summed E-state index contributed by atoms with van der Waals surface area (Å²) in [7, 11) is 0. The molecule has 0 aliphatic rings. The van der Waals surface area contributed by atoms with Crippen molar-refractivity contribution in [2.45, 2.75) is 0 Å². The molecule has 0 bridgehead atoms. The van der Waals surface area contributed by atoms with Crippen LogP contribution in [0.1, 0.15) is 0 Å². The molecule has 2 aromatic carbocycles. The molecule has 0 aliphatic heterocycles. The van der Waals surface area contributed by atoms with Crippen molar-refractivity contribution in [2.75, 3.05) is 5.73 Å². The lowest BCUT2D eigenvalue weighted by atomic mass is 10.0. The zero-order valence-corrected chi connectivity index (χ0v) is 11.1. The highest BCUT2D eigenvalue weighted by Crippen LogP contribution is 2.39. The highest BCUT2D eigenvalue weighted by Gasteiger charge is 2.19. The van der Waals surface area contributed by atoms with Gasteiger partial charge in [0.1, 0.15) is 11.5 Å². The molecule has 20 heavy (non-hydrogen) atoms. The standard InChI is InChI=1S/C15H10ClFN2O/c16-12-7-2-1-6-11(12)13-14(19-20-15(13)18)9-4-3-5-10(17)8-9/h1-8H,18H2. The molecule has 0 aliphatic carbocycles. The van der Waals surface area contributed by atoms with Gasteiger partial charge in [-0.3, -0.25) is 0 Å². The Kier molecular flexibility index (Phi) is 3.16. The molecule has 0 unspecified atom stereocenters. The highest BCUT2D eigenvalue weighted by atomic mass is 35.5. The summed E-state index contributed by atoms with van der Waals surface area (Å²) in [4.78, 5) is 0. The first-order chi connectivity index (χ1) is 9.66. The molecule has 3 aromatic rings. The van der Waals surface area contributed by atoms with E-state index in [0.717, 1.165) is 0 Å². The molecule has 2 N–H and O–H groups in total. The summed E-state index contributed by atoms with van der Waals surface area (Å²) in [6.07, 6.45) is 0. The van der Waals surface area contributed by atoms with E-state index in [-0.39, 0.29) is 11.7 Å². The molecule has 0 saturated carbocycles. The van der Waals surface area contributed by atoms with Crippen LogP contribution in [0.15, 0.2) is 53.1 Å². The van der Waals surface area contributed by atoms with Crippen LogP contribution < -0.4 is 5.73 Å². The second kappa shape index (κ2) is 4.98. The first-order valence-corrected chi connectivity index (χ1v) is 6.30. The molecular weight excluding hydrogens is 279 g/mol. The van der Waals surface area contributed by atoms with E-state index in [1.807, 2.05) is 18.2 Å². The Morgan fingerprint density at radius 3 is 2.65 bits per heavy atom. The van der Waals surface area contributed by atoms with Crippen molar-refractivity contribution in [3.05, 3.63) is 59.4 Å². The van der Waals surface area contributed by atoms with Crippen LogP contribution in [-0.2, 0) is 0 Å². The number of hydrogen-bond donors (Lipinski definition) is 1. The minimum atomic E-state index is -0.353. The Hall–Kier alpha value is -2.33. The number of nitrogens with zero attached hydrogens (tertiary/aromatic N) is 1. The average Bonchev–Trinajstić information content (AvgIpc) is 2.81. The molecule has 3 nitrogen and oxygen atoms in total. The molecular formula is C15H10ClFN2O. The summed E-state index contributed by atoms with van der Waals surface area (Å²) < 4.78 is 18.4. The largest absolute Gasteiger partial charge is 0.367 e. The molecule has 0 saturated heterocycles. The summed E-state index contributed by atoms with van der Waals surface area (Å²) in [5.74, 6) is -0.202. The summed E-state index contributed by atoms with van der Waals surface area (Å²) in [6.45, 7) is 0. The average molecular weight is 289 g/mol. The van der Waals surface area contributed by atoms with Gasteiger partial charge in [0.2, 0.25) is 5.88 Å². The zero-order chi connectivity index (χ0) is 14.1. The van der Waals surface area contributed by atoms with Crippen LogP contribution in [-0.4, -0.2) is 5.16 Å². The van der Waals surface area contributed by atoms with E-state index in [4.69, 9.17) is 21.9 Å². The van der Waals surface area contributed by atoms with Crippen LogP contribution in [0.4, 0.5) is 10.3 Å². The lowest BCUT2D eigenvalue weighted by Crippen LogP contribution is -1.89. The van der Waals surface area contributed by atoms with Crippen LogP contribution in [0.3, 0.4) is 0 Å². The predicted octanol–water partition coefficient (Wildman–Crippen LogP) is 4.38. The lowest BCUT2D eigenvalue weighted by molar-refractivity contribution is 0.439. The van der Waals surface area contributed by atoms with Crippen LogP contribution in [0.2, 0.25) is 5.02 Å². The summed E-state index contributed by atoms with van der Waals surface area (Å²) in [6, 6.07) is 13.3. The SMILES string of the molecule is Nc1onc(-c2cccc(F)c2)c1-c1ccccc1Cl. The number of hydrogen-bond acceptors (Lipinski definition) is 3. The van der Waals surface area contributed by atoms with E-state index in [1.54, 1.807) is 18.2 Å². The maximum absolute atomic E-state index is 13.4. The fourth-order valence-corrected chi connectivity index (χ4v) is 2.29. The van der Waals surface area contributed by atoms with Crippen molar-refractivity contribution in [3.63, 3.8) is 0 Å². The van der Waals surface area contributed by atoms with Gasteiger partial charge in [0.15, 0.2) is 0 Å². The van der Waals surface area contributed by atoms with Crippen molar-refractivity contribution < 1.29 is 8.91 Å². The zero-order valence-electron chi connectivity index (χ0n) is 10.3. The third-order valence-corrected chi connectivity index (χ3v) is 3.29. The molecule has 0 atom stereocenters. The first kappa shape index (κ1) is 12.7. The Morgan fingerprint density at radius 1 is 1.10 bits per heavy atom. The van der Waals surface area contributed by atoms with Gasteiger partial charge in [0, 0.05) is 16.1 Å². The third-order valence-electron chi connectivity index (χ3n) is 2.96. The van der Waals surface area contributed by atoms with Crippen molar-refractivity contribution in [1.29, 1.82) is 0 Å². The molecule has 1 heterocycles. The van der Waals surface area contributed by atoms with Gasteiger partial charge in [-0.25, -0.2) is 4.39 Å². The Morgan fingerprint density at radius 2 is 1.90 bits per heavy atom. The van der Waals surface area contributed by atoms with Gasteiger partial charge in [-0.15, -0.1) is 0 Å². The van der Waals surface area contributed by atoms with Crippen molar-refractivity contribution in [2.24, 2.45) is 0 Å². The summed E-state index contributed by atoms with van der Waals surface area (Å²) >= 11 is 6.18. The summed E-state index contributed by atoms with van der Waals surface area (Å²) in [5.41, 5.74) is 8.16. The number of nitrogen functional groups attached to an aromatic ring is 1. The van der Waals surface area contributed by atoms with E-state index in [1.165, 1.54) is 12.1 Å². The Bertz CT molecular complexity index is 770. The predicted molar refractivity (Wildman–Crippen MR) is 76.8 cm³/mol. The summed E-state index contributed by atoms with van der Waals surface area (Å²) in [5, 5.41) is 4.45. The molecule has 0 spiro atoms. The van der Waals surface area contributed by atoms with Gasteiger partial charge in [-0.05, 0) is 18.2 Å². The molecule has 100 valence electrons. The lowest BCUT2D eigenvalue weighted by Gasteiger charge is -2.05. The second-order valence-corrected chi connectivity index (χ2v) is 4.67. The maximum atomic E-state index is 13.4. The number of rotatable bonds is 2. The van der Waals surface area contributed by atoms with Gasteiger partial charge in [0.05, 0.1) is 5.56 Å². The normalized spacial score (nSPS) is 10.7. The van der Waals surface area contributed by atoms with Crippen LogP contribution >= 0.6 is 11.6 Å². The molecule has 0 radical (unpaired) electrons. The van der Waals surface area contributed by atoms with E-state index >= 15 is 0 Å². The topological polar surface area (TPSA) is 52.0 Å². The third kappa shape index (κ3) is 2.14. The van der Waals surface area contributed by atoms with E-state index in [0.29, 0.717) is 27.4 Å². The fourth-order valence-electron chi connectivity index (χ4n) is 2.06. The van der Waals surface area contributed by atoms with Gasteiger partial charge in [-0.1, -0.05) is 47.1 Å². The number of benzene rings is 2. The second-order valence-electron chi connectivity index (χ2n) is 4.26. The highest BCUT2D eigenvalue weighted by molar-refractivity contribution is 6.33. The number of aromatic nitrogens is 1. The fraction of sp³-hybridized carbons (Fsp3) is 0. The smallest absolute Gasteiger partial charge is 0.230 e. The molecule has 0 amide bonds. The van der Waals surface area contributed by atoms with E-state index in [9.17, 15) is 4.39 Å². The molecule has 0 fully saturated rings. The Labute approximate surface area is 119 Å². The van der Waals surface area contributed by atoms with E-state index in [2.05, 4.69) is 5.16 Å². The van der Waals surface area contributed by atoms with E-state index < -0.39 is 0 Å². The monoisotopic (exact) mass is 288 g/mol. The molecule has 3 rings (SSSR count). The maximum Gasteiger partial charge on any atom is 0.230 e. The van der Waals surface area contributed by atoms with Gasteiger partial charge in [-0.2, -0.15) is 0 Å². The molecule has 1 aromatic heterocycles. The molecule has 5 heteroatoms. The van der Waals surface area contributed by atoms with Gasteiger partial charge >= 0.3 is 0 Å². The quantitative estimate of drug-likeness (QED) is 0.761. The van der Waals surface area contributed by atoms with Crippen LogP contribution in [0.5, 0.6) is 0 Å². The van der Waals surface area contributed by atoms with Gasteiger partial charge < -0.3 is 10.3 Å². The van der Waals surface area contributed by atoms with Gasteiger partial charge in [0.25, 0.3) is 0 Å². The number of halogens is 2. The Balaban J connectivity index is 2.23. The minimum absolute atomic E-state index is 0.150. The first-order valence-electron chi connectivity index (χ1n) is 5.93.